The molecule has 0 aromatic heterocycles. The van der Waals surface area contributed by atoms with Crippen molar-refractivity contribution in [2.24, 2.45) is 11.7 Å². The summed E-state index contributed by atoms with van der Waals surface area (Å²) in [4.78, 5) is 0. The maximum absolute atomic E-state index is 6.59. The lowest BCUT2D eigenvalue weighted by atomic mass is 9.71. The normalized spacial score (nSPS) is 19.2. The van der Waals surface area contributed by atoms with E-state index in [9.17, 15) is 0 Å². The summed E-state index contributed by atoms with van der Waals surface area (Å²) in [6.07, 6.45) is 5.72. The second kappa shape index (κ2) is 9.97. The first-order valence-corrected chi connectivity index (χ1v) is 13.4. The van der Waals surface area contributed by atoms with Gasteiger partial charge in [-0.3, -0.25) is 0 Å². The molecule has 0 bridgehead atoms. The minimum Gasteiger partial charge on any atom is -0.398 e. The van der Waals surface area contributed by atoms with Crippen molar-refractivity contribution in [3.8, 4) is 0 Å². The van der Waals surface area contributed by atoms with Crippen molar-refractivity contribution < 1.29 is 0 Å². The predicted octanol–water partition coefficient (Wildman–Crippen LogP) is 8.36. The number of rotatable bonds is 7. The highest BCUT2D eigenvalue weighted by Crippen LogP contribution is 2.41. The summed E-state index contributed by atoms with van der Waals surface area (Å²) >= 11 is 0. The summed E-state index contributed by atoms with van der Waals surface area (Å²) in [6, 6.07) is 14.1. The average Bonchev–Trinajstić information content (AvgIpc) is 2.80. The van der Waals surface area contributed by atoms with E-state index in [-0.39, 0.29) is 16.9 Å². The van der Waals surface area contributed by atoms with Gasteiger partial charge in [0, 0.05) is 22.6 Å². The molecule has 0 heterocycles. The molecule has 0 amide bonds. The van der Waals surface area contributed by atoms with E-state index in [2.05, 4.69) is 118 Å². The second-order valence-corrected chi connectivity index (χ2v) is 12.3. The third-order valence-electron chi connectivity index (χ3n) is 8.45. The van der Waals surface area contributed by atoms with Gasteiger partial charge < -0.3 is 11.5 Å². The van der Waals surface area contributed by atoms with E-state index in [0.717, 1.165) is 12.1 Å². The van der Waals surface area contributed by atoms with Crippen LogP contribution < -0.4 is 11.5 Å². The standard InChI is InChI=1S/C33H48N2/c1-11-23-17-26(16-22(6)30(23)34)32(7,8)24-12-14-25(15-13-24)33(9,10)27-18-28(20(2)3)31(35)29(19-27)21(4)5/h12-22,30H,11,34-35H2,1-10H3. The van der Waals surface area contributed by atoms with Gasteiger partial charge in [0.2, 0.25) is 0 Å². The molecule has 2 aromatic carbocycles. The lowest BCUT2D eigenvalue weighted by Crippen LogP contribution is -2.34. The molecule has 3 rings (SSSR count). The molecule has 35 heavy (non-hydrogen) atoms. The van der Waals surface area contributed by atoms with Crippen molar-refractivity contribution in [3.63, 3.8) is 0 Å². The van der Waals surface area contributed by atoms with Crippen LogP contribution in [0.5, 0.6) is 0 Å². The Hall–Kier alpha value is -2.32. The van der Waals surface area contributed by atoms with Gasteiger partial charge in [-0.15, -0.1) is 0 Å². The first kappa shape index (κ1) is 27.3. The van der Waals surface area contributed by atoms with Crippen molar-refractivity contribution in [1.29, 1.82) is 0 Å². The largest absolute Gasteiger partial charge is 0.398 e. The van der Waals surface area contributed by atoms with Crippen LogP contribution in [0.25, 0.3) is 0 Å². The molecular weight excluding hydrogens is 424 g/mol. The van der Waals surface area contributed by atoms with Gasteiger partial charge in [0.15, 0.2) is 0 Å². The predicted molar refractivity (Wildman–Crippen MR) is 154 cm³/mol. The number of hydrogen-bond acceptors (Lipinski definition) is 2. The van der Waals surface area contributed by atoms with Gasteiger partial charge in [-0.1, -0.05) is 123 Å². The van der Waals surface area contributed by atoms with Crippen LogP contribution in [0.4, 0.5) is 5.69 Å². The fourth-order valence-electron chi connectivity index (χ4n) is 5.45. The molecule has 0 saturated carbocycles. The van der Waals surface area contributed by atoms with E-state index < -0.39 is 0 Å². The molecule has 0 aliphatic heterocycles. The number of nitrogens with two attached hydrogens (primary N) is 2. The molecule has 2 heteroatoms. The number of hydrogen-bond donors (Lipinski definition) is 2. The van der Waals surface area contributed by atoms with E-state index >= 15 is 0 Å². The van der Waals surface area contributed by atoms with Gasteiger partial charge in [-0.05, 0) is 57.6 Å². The summed E-state index contributed by atoms with van der Waals surface area (Å²) in [5.41, 5.74) is 23.0. The molecule has 2 nitrogen and oxygen atoms in total. The van der Waals surface area contributed by atoms with E-state index in [4.69, 9.17) is 11.5 Å². The molecular formula is C33H48N2. The van der Waals surface area contributed by atoms with Crippen molar-refractivity contribution >= 4 is 5.69 Å². The molecule has 190 valence electrons. The lowest BCUT2D eigenvalue weighted by molar-refractivity contribution is 0.547. The maximum atomic E-state index is 6.59. The molecule has 0 spiro atoms. The number of anilines is 1. The first-order valence-electron chi connectivity index (χ1n) is 13.4. The monoisotopic (exact) mass is 472 g/mol. The van der Waals surface area contributed by atoms with Crippen molar-refractivity contribution in [1.82, 2.24) is 0 Å². The number of benzene rings is 2. The fraction of sp³-hybridized carbons (Fsp3) is 0.515. The zero-order valence-corrected chi connectivity index (χ0v) is 23.8. The second-order valence-electron chi connectivity index (χ2n) is 12.3. The minimum absolute atomic E-state index is 0.0751. The third kappa shape index (κ3) is 5.14. The van der Waals surface area contributed by atoms with Crippen LogP contribution in [0.3, 0.4) is 0 Å². The van der Waals surface area contributed by atoms with Crippen LogP contribution in [-0.2, 0) is 10.8 Å². The number of nitrogen functional groups attached to an aromatic ring is 1. The summed E-state index contributed by atoms with van der Waals surface area (Å²) in [5, 5.41) is 0. The molecule has 0 radical (unpaired) electrons. The quantitative estimate of drug-likeness (QED) is 0.398. The molecule has 2 aromatic rings. The Balaban J connectivity index is 2.01. The van der Waals surface area contributed by atoms with Crippen LogP contribution in [0, 0.1) is 5.92 Å². The van der Waals surface area contributed by atoms with E-state index in [0.29, 0.717) is 17.8 Å². The molecule has 2 unspecified atom stereocenters. The zero-order chi connectivity index (χ0) is 26.3. The minimum atomic E-state index is -0.121. The third-order valence-corrected chi connectivity index (χ3v) is 8.45. The molecule has 1 aliphatic carbocycles. The van der Waals surface area contributed by atoms with Crippen molar-refractivity contribution in [2.45, 2.75) is 104 Å². The van der Waals surface area contributed by atoms with Crippen LogP contribution in [-0.4, -0.2) is 6.04 Å². The smallest absolute Gasteiger partial charge is 0.0384 e. The first-order chi connectivity index (χ1) is 16.2. The van der Waals surface area contributed by atoms with Gasteiger partial charge in [0.05, 0.1) is 0 Å². The van der Waals surface area contributed by atoms with Crippen LogP contribution in [0.1, 0.15) is 115 Å². The van der Waals surface area contributed by atoms with Gasteiger partial charge >= 0.3 is 0 Å². The molecule has 4 N–H and O–H groups in total. The van der Waals surface area contributed by atoms with Gasteiger partial charge in [0.25, 0.3) is 0 Å². The van der Waals surface area contributed by atoms with E-state index in [1.165, 1.54) is 39.0 Å². The van der Waals surface area contributed by atoms with Gasteiger partial charge in [-0.2, -0.15) is 0 Å². The van der Waals surface area contributed by atoms with Crippen LogP contribution in [0.2, 0.25) is 0 Å². The van der Waals surface area contributed by atoms with E-state index in [1.54, 1.807) is 0 Å². The van der Waals surface area contributed by atoms with E-state index in [1.807, 2.05) is 0 Å². The van der Waals surface area contributed by atoms with Crippen LogP contribution >= 0.6 is 0 Å². The molecule has 1 aliphatic rings. The fourth-order valence-corrected chi connectivity index (χ4v) is 5.45. The Kier molecular flexibility index (Phi) is 7.77. The van der Waals surface area contributed by atoms with Gasteiger partial charge in [0.1, 0.15) is 0 Å². The Morgan fingerprint density at radius 1 is 0.800 bits per heavy atom. The van der Waals surface area contributed by atoms with Gasteiger partial charge in [-0.25, -0.2) is 0 Å². The lowest BCUT2D eigenvalue weighted by Gasteiger charge is -2.35. The average molecular weight is 473 g/mol. The summed E-state index contributed by atoms with van der Waals surface area (Å²) in [5.74, 6) is 1.15. The maximum Gasteiger partial charge on any atom is 0.0384 e. The highest BCUT2D eigenvalue weighted by atomic mass is 14.7. The summed E-state index contributed by atoms with van der Waals surface area (Å²) in [7, 11) is 0. The SMILES string of the molecule is CCC1=CC(C(C)(C)c2ccc(C(C)(C)c3cc(C(C)C)c(N)c(C(C)C)c3)cc2)=CC(C)C1N. The highest BCUT2D eigenvalue weighted by molar-refractivity contribution is 5.60. The Bertz CT molecular complexity index is 1080. The Morgan fingerprint density at radius 2 is 1.26 bits per heavy atom. The van der Waals surface area contributed by atoms with Crippen molar-refractivity contribution in [3.05, 3.63) is 87.5 Å². The Labute approximate surface area is 214 Å². The molecule has 0 fully saturated rings. The zero-order valence-electron chi connectivity index (χ0n) is 23.8. The van der Waals surface area contributed by atoms with Crippen LogP contribution in [0.15, 0.2) is 59.7 Å². The highest BCUT2D eigenvalue weighted by Gasteiger charge is 2.31. The van der Waals surface area contributed by atoms with Crippen molar-refractivity contribution in [2.75, 3.05) is 5.73 Å². The number of allylic oxidation sites excluding steroid dienone is 2. The summed E-state index contributed by atoms with van der Waals surface area (Å²) in [6.45, 7) is 22.7. The summed E-state index contributed by atoms with van der Waals surface area (Å²) < 4.78 is 0. The molecule has 2 atom stereocenters. The topological polar surface area (TPSA) is 52.0 Å². The Morgan fingerprint density at radius 3 is 1.69 bits per heavy atom. The molecule has 0 saturated heterocycles.